The maximum Gasteiger partial charge on any atom is 0.241 e. The molecule has 2 rings (SSSR count). The summed E-state index contributed by atoms with van der Waals surface area (Å²) in [6.07, 6.45) is 2.48. The normalized spacial score (nSPS) is 21.3. The van der Waals surface area contributed by atoms with E-state index in [-0.39, 0.29) is 11.9 Å². The van der Waals surface area contributed by atoms with Crippen molar-refractivity contribution in [2.45, 2.75) is 52.5 Å². The molecule has 3 nitrogen and oxygen atoms in total. The molecule has 1 heterocycles. The van der Waals surface area contributed by atoms with E-state index in [4.69, 9.17) is 0 Å². The predicted octanol–water partition coefficient (Wildman–Crippen LogP) is 3.87. The zero-order valence-electron chi connectivity index (χ0n) is 13.7. The Morgan fingerprint density at radius 1 is 1.24 bits per heavy atom. The number of carbonyl (C=O) groups is 1. The van der Waals surface area contributed by atoms with Crippen LogP contribution in [-0.2, 0) is 4.79 Å². The molecule has 0 aromatic heterocycles. The minimum Gasteiger partial charge on any atom is -0.325 e. The van der Waals surface area contributed by atoms with E-state index >= 15 is 0 Å². The number of carbonyl (C=O) groups excluding carboxylic acids is 1. The molecule has 1 N–H and O–H groups in total. The first-order valence-corrected chi connectivity index (χ1v) is 8.12. The molecule has 0 aliphatic carbocycles. The Hall–Kier alpha value is -1.35. The molecule has 2 atom stereocenters. The Morgan fingerprint density at radius 2 is 1.90 bits per heavy atom. The van der Waals surface area contributed by atoms with Crippen molar-refractivity contribution in [3.63, 3.8) is 0 Å². The van der Waals surface area contributed by atoms with Gasteiger partial charge in [0.2, 0.25) is 5.91 Å². The van der Waals surface area contributed by atoms with E-state index in [2.05, 4.69) is 43.1 Å². The SMILES string of the molecule is CC(C)c1ccc(NC(=O)[C@H](C)N2CCC[C@@H](C)C2)cc1. The lowest BCUT2D eigenvalue weighted by atomic mass is 9.99. The second kappa shape index (κ2) is 7.08. The maximum atomic E-state index is 12.4. The number of amides is 1. The zero-order chi connectivity index (χ0) is 15.4. The summed E-state index contributed by atoms with van der Waals surface area (Å²) < 4.78 is 0. The number of rotatable bonds is 4. The number of anilines is 1. The van der Waals surface area contributed by atoms with Crippen LogP contribution in [0.2, 0.25) is 0 Å². The molecule has 116 valence electrons. The molecular weight excluding hydrogens is 260 g/mol. The van der Waals surface area contributed by atoms with Crippen LogP contribution in [0.3, 0.4) is 0 Å². The monoisotopic (exact) mass is 288 g/mol. The number of piperidine rings is 1. The smallest absolute Gasteiger partial charge is 0.241 e. The zero-order valence-corrected chi connectivity index (χ0v) is 13.7. The van der Waals surface area contributed by atoms with E-state index in [0.29, 0.717) is 11.8 Å². The highest BCUT2D eigenvalue weighted by Gasteiger charge is 2.25. The first-order chi connectivity index (χ1) is 9.97. The third-order valence-corrected chi connectivity index (χ3v) is 4.46. The van der Waals surface area contributed by atoms with E-state index < -0.39 is 0 Å². The van der Waals surface area contributed by atoms with Gasteiger partial charge in [-0.15, -0.1) is 0 Å². The lowest BCUT2D eigenvalue weighted by molar-refractivity contribution is -0.121. The van der Waals surface area contributed by atoms with Crippen LogP contribution in [-0.4, -0.2) is 29.9 Å². The molecule has 3 heteroatoms. The minimum atomic E-state index is -0.0578. The third kappa shape index (κ3) is 4.31. The molecule has 1 aromatic rings. The predicted molar refractivity (Wildman–Crippen MR) is 88.6 cm³/mol. The number of hydrogen-bond acceptors (Lipinski definition) is 2. The van der Waals surface area contributed by atoms with Gasteiger partial charge in [-0.1, -0.05) is 32.9 Å². The van der Waals surface area contributed by atoms with Crippen molar-refractivity contribution in [1.82, 2.24) is 4.90 Å². The number of nitrogens with one attached hydrogen (secondary N) is 1. The molecular formula is C18H28N2O. The number of hydrogen-bond donors (Lipinski definition) is 1. The second-order valence-electron chi connectivity index (χ2n) is 6.68. The van der Waals surface area contributed by atoms with Crippen molar-refractivity contribution < 1.29 is 4.79 Å². The third-order valence-electron chi connectivity index (χ3n) is 4.46. The average Bonchev–Trinajstić information content (AvgIpc) is 2.47. The number of likely N-dealkylation sites (tertiary alicyclic amines) is 1. The van der Waals surface area contributed by atoms with Gasteiger partial charge < -0.3 is 5.32 Å². The van der Waals surface area contributed by atoms with E-state index in [1.807, 2.05) is 19.1 Å². The Balaban J connectivity index is 1.93. The highest BCUT2D eigenvalue weighted by atomic mass is 16.2. The highest BCUT2D eigenvalue weighted by molar-refractivity contribution is 5.94. The number of benzene rings is 1. The topological polar surface area (TPSA) is 32.3 Å². The molecule has 0 unspecified atom stereocenters. The Morgan fingerprint density at radius 3 is 2.48 bits per heavy atom. The molecule has 0 bridgehead atoms. The van der Waals surface area contributed by atoms with Crippen molar-refractivity contribution in [3.05, 3.63) is 29.8 Å². The Kier molecular flexibility index (Phi) is 5.40. The van der Waals surface area contributed by atoms with E-state index in [9.17, 15) is 4.79 Å². The van der Waals surface area contributed by atoms with Crippen molar-refractivity contribution >= 4 is 11.6 Å². The van der Waals surface area contributed by atoms with E-state index in [0.717, 1.165) is 18.8 Å². The van der Waals surface area contributed by atoms with Crippen LogP contribution < -0.4 is 5.32 Å². The molecule has 0 radical (unpaired) electrons. The van der Waals surface area contributed by atoms with Gasteiger partial charge in [-0.25, -0.2) is 0 Å². The van der Waals surface area contributed by atoms with Gasteiger partial charge in [-0.2, -0.15) is 0 Å². The standard InChI is InChI=1S/C18H28N2O/c1-13(2)16-7-9-17(10-8-16)19-18(21)15(4)20-11-5-6-14(3)12-20/h7-10,13-15H,5-6,11-12H2,1-4H3,(H,19,21)/t14-,15+/m1/s1. The molecule has 1 amide bonds. The van der Waals surface area contributed by atoms with Crippen LogP contribution in [0.1, 0.15) is 52.0 Å². The number of nitrogens with zero attached hydrogens (tertiary/aromatic N) is 1. The Bertz CT molecular complexity index is 467. The molecule has 0 spiro atoms. The van der Waals surface area contributed by atoms with Crippen LogP contribution in [0.25, 0.3) is 0 Å². The van der Waals surface area contributed by atoms with Crippen LogP contribution in [0.5, 0.6) is 0 Å². The summed E-state index contributed by atoms with van der Waals surface area (Å²) in [5, 5.41) is 3.04. The molecule has 21 heavy (non-hydrogen) atoms. The lowest BCUT2D eigenvalue weighted by Gasteiger charge is -2.34. The summed E-state index contributed by atoms with van der Waals surface area (Å²) >= 11 is 0. The van der Waals surface area contributed by atoms with Gasteiger partial charge in [0.15, 0.2) is 0 Å². The van der Waals surface area contributed by atoms with Gasteiger partial charge in [0, 0.05) is 12.2 Å². The maximum absolute atomic E-state index is 12.4. The summed E-state index contributed by atoms with van der Waals surface area (Å²) in [6, 6.07) is 8.12. The molecule has 1 fully saturated rings. The van der Waals surface area contributed by atoms with Gasteiger partial charge in [-0.3, -0.25) is 9.69 Å². The van der Waals surface area contributed by atoms with Crippen LogP contribution >= 0.6 is 0 Å². The van der Waals surface area contributed by atoms with Gasteiger partial charge >= 0.3 is 0 Å². The average molecular weight is 288 g/mol. The first-order valence-electron chi connectivity index (χ1n) is 8.12. The lowest BCUT2D eigenvalue weighted by Crippen LogP contribution is -2.46. The molecule has 1 saturated heterocycles. The van der Waals surface area contributed by atoms with Gasteiger partial charge in [0.05, 0.1) is 6.04 Å². The largest absolute Gasteiger partial charge is 0.325 e. The molecule has 1 aliphatic rings. The fourth-order valence-corrected chi connectivity index (χ4v) is 2.94. The quantitative estimate of drug-likeness (QED) is 0.912. The molecule has 1 aromatic carbocycles. The van der Waals surface area contributed by atoms with E-state index in [1.54, 1.807) is 0 Å². The van der Waals surface area contributed by atoms with Crippen LogP contribution in [0.15, 0.2) is 24.3 Å². The van der Waals surface area contributed by atoms with Crippen molar-refractivity contribution in [1.29, 1.82) is 0 Å². The van der Waals surface area contributed by atoms with Gasteiger partial charge in [-0.05, 0) is 55.8 Å². The second-order valence-corrected chi connectivity index (χ2v) is 6.68. The summed E-state index contributed by atoms with van der Waals surface area (Å²) in [6.45, 7) is 10.7. The van der Waals surface area contributed by atoms with Crippen molar-refractivity contribution in [2.75, 3.05) is 18.4 Å². The Labute approximate surface area is 128 Å². The minimum absolute atomic E-state index is 0.0578. The summed E-state index contributed by atoms with van der Waals surface area (Å²) in [5.41, 5.74) is 2.19. The summed E-state index contributed by atoms with van der Waals surface area (Å²) in [7, 11) is 0. The molecule has 1 aliphatic heterocycles. The van der Waals surface area contributed by atoms with Crippen molar-refractivity contribution in [2.24, 2.45) is 5.92 Å². The fraction of sp³-hybridized carbons (Fsp3) is 0.611. The summed E-state index contributed by atoms with van der Waals surface area (Å²) in [5.74, 6) is 1.31. The highest BCUT2D eigenvalue weighted by Crippen LogP contribution is 2.20. The van der Waals surface area contributed by atoms with E-state index in [1.165, 1.54) is 18.4 Å². The van der Waals surface area contributed by atoms with Crippen LogP contribution in [0.4, 0.5) is 5.69 Å². The van der Waals surface area contributed by atoms with Gasteiger partial charge in [0.1, 0.15) is 0 Å². The fourth-order valence-electron chi connectivity index (χ4n) is 2.94. The first kappa shape index (κ1) is 16.0. The van der Waals surface area contributed by atoms with Gasteiger partial charge in [0.25, 0.3) is 0 Å². The summed E-state index contributed by atoms with van der Waals surface area (Å²) in [4.78, 5) is 14.7. The molecule has 0 saturated carbocycles. The van der Waals surface area contributed by atoms with Crippen molar-refractivity contribution in [3.8, 4) is 0 Å². The van der Waals surface area contributed by atoms with Crippen LogP contribution in [0, 0.1) is 5.92 Å².